The molecule has 1 amide bonds. The van der Waals surface area contributed by atoms with Crippen molar-refractivity contribution >= 4 is 17.1 Å². The molecule has 0 aliphatic rings. The Bertz CT molecular complexity index is 1670. The van der Waals surface area contributed by atoms with Crippen LogP contribution in [0.1, 0.15) is 16.1 Å². The average molecular weight is 498 g/mol. The Morgan fingerprint density at radius 2 is 1.78 bits per heavy atom. The van der Waals surface area contributed by atoms with Crippen LogP contribution in [0.4, 0.5) is 17.6 Å². The second-order valence-electron chi connectivity index (χ2n) is 7.54. The summed E-state index contributed by atoms with van der Waals surface area (Å²) in [4.78, 5) is 32.5. The standard InChI is InChI=1S/C23H14F4N6O3/c24-13-10-11(6-7-14(13)36-15-8-9-29-21-18(15)30-22(35)31-21)17-16(20(28)34)19(23(25,26)27)33(32-17)12-4-2-1-3-5-12/h1-10H,(H2,28,34)(H2,29,30,31,35). The summed E-state index contributed by atoms with van der Waals surface area (Å²) in [6, 6.07) is 12.0. The second-order valence-corrected chi connectivity index (χ2v) is 7.54. The molecule has 2 aromatic carbocycles. The Morgan fingerprint density at radius 3 is 2.44 bits per heavy atom. The van der Waals surface area contributed by atoms with Crippen molar-refractivity contribution in [3.8, 4) is 28.4 Å². The van der Waals surface area contributed by atoms with Gasteiger partial charge in [0.2, 0.25) is 0 Å². The number of nitrogens with two attached hydrogens (primary N) is 1. The lowest BCUT2D eigenvalue weighted by Crippen LogP contribution is -2.21. The van der Waals surface area contributed by atoms with Gasteiger partial charge in [0.15, 0.2) is 28.7 Å². The minimum atomic E-state index is -4.99. The highest BCUT2D eigenvalue weighted by Gasteiger charge is 2.42. The molecule has 0 spiro atoms. The average Bonchev–Trinajstić information content (AvgIpc) is 3.42. The SMILES string of the molecule is NC(=O)c1c(-c2ccc(Oc3ccnc4[nH]c(=O)[nH]c34)c(F)c2)nn(-c2ccccc2)c1C(F)(F)F. The molecule has 0 saturated carbocycles. The molecule has 5 rings (SSSR count). The molecule has 0 fully saturated rings. The fourth-order valence-electron chi connectivity index (χ4n) is 3.72. The first-order valence-electron chi connectivity index (χ1n) is 10.2. The second kappa shape index (κ2) is 8.37. The first kappa shape index (κ1) is 22.8. The molecule has 9 nitrogen and oxygen atoms in total. The number of fused-ring (bicyclic) bond motifs is 1. The number of hydrogen-bond donors (Lipinski definition) is 3. The Hall–Kier alpha value is -4.94. The van der Waals surface area contributed by atoms with Gasteiger partial charge in [-0.25, -0.2) is 18.9 Å². The zero-order chi connectivity index (χ0) is 25.6. The quantitative estimate of drug-likeness (QED) is 0.313. The summed E-state index contributed by atoms with van der Waals surface area (Å²) in [7, 11) is 0. The summed E-state index contributed by atoms with van der Waals surface area (Å²) in [5.41, 5.74) is 2.31. The van der Waals surface area contributed by atoms with Crippen LogP contribution < -0.4 is 16.2 Å². The number of H-pyrrole nitrogens is 2. The van der Waals surface area contributed by atoms with Gasteiger partial charge >= 0.3 is 11.9 Å². The first-order chi connectivity index (χ1) is 17.1. The summed E-state index contributed by atoms with van der Waals surface area (Å²) in [6.45, 7) is 0. The van der Waals surface area contributed by atoms with E-state index in [9.17, 15) is 22.8 Å². The number of nitrogens with zero attached hydrogens (tertiary/aromatic N) is 3. The molecule has 182 valence electrons. The van der Waals surface area contributed by atoms with Gasteiger partial charge in [0.1, 0.15) is 11.2 Å². The molecule has 0 bridgehead atoms. The largest absolute Gasteiger partial charge is 0.452 e. The van der Waals surface area contributed by atoms with Crippen LogP contribution in [0.5, 0.6) is 11.5 Å². The number of alkyl halides is 3. The van der Waals surface area contributed by atoms with E-state index in [0.717, 1.165) is 12.1 Å². The van der Waals surface area contributed by atoms with Crippen LogP contribution >= 0.6 is 0 Å². The molecule has 4 N–H and O–H groups in total. The number of pyridine rings is 1. The van der Waals surface area contributed by atoms with Crippen LogP contribution in [0, 0.1) is 5.82 Å². The van der Waals surface area contributed by atoms with E-state index >= 15 is 4.39 Å². The Morgan fingerprint density at radius 1 is 1.03 bits per heavy atom. The molecule has 36 heavy (non-hydrogen) atoms. The van der Waals surface area contributed by atoms with Crippen molar-refractivity contribution in [3.05, 3.63) is 88.4 Å². The van der Waals surface area contributed by atoms with Gasteiger partial charge in [-0.1, -0.05) is 18.2 Å². The molecule has 0 unspecified atom stereocenters. The number of hydrogen-bond acceptors (Lipinski definition) is 5. The Labute approximate surface area is 198 Å². The highest BCUT2D eigenvalue weighted by Crippen LogP contribution is 2.39. The van der Waals surface area contributed by atoms with E-state index in [0.29, 0.717) is 4.68 Å². The third-order valence-corrected chi connectivity index (χ3v) is 5.21. The smallest absolute Gasteiger partial charge is 0.434 e. The molecule has 0 atom stereocenters. The monoisotopic (exact) mass is 498 g/mol. The van der Waals surface area contributed by atoms with Crippen molar-refractivity contribution < 1.29 is 27.1 Å². The lowest BCUT2D eigenvalue weighted by atomic mass is 10.0. The zero-order valence-electron chi connectivity index (χ0n) is 17.9. The normalized spacial score (nSPS) is 11.7. The van der Waals surface area contributed by atoms with E-state index in [1.54, 1.807) is 6.07 Å². The number of halogens is 4. The van der Waals surface area contributed by atoms with Gasteiger partial charge in [-0.05, 0) is 30.3 Å². The molecule has 3 heterocycles. The van der Waals surface area contributed by atoms with Gasteiger partial charge < -0.3 is 15.5 Å². The number of nitrogens with one attached hydrogen (secondary N) is 2. The fourth-order valence-corrected chi connectivity index (χ4v) is 3.72. The van der Waals surface area contributed by atoms with Crippen molar-refractivity contribution in [2.24, 2.45) is 5.73 Å². The molecule has 3 aromatic heterocycles. The number of aromatic amines is 2. The number of carbonyl (C=O) groups excluding carboxylic acids is 1. The fraction of sp³-hybridized carbons (Fsp3) is 0.0435. The van der Waals surface area contributed by atoms with Gasteiger partial charge in [-0.2, -0.15) is 18.3 Å². The number of carbonyl (C=O) groups is 1. The van der Waals surface area contributed by atoms with Crippen molar-refractivity contribution in [1.29, 1.82) is 0 Å². The first-order valence-corrected chi connectivity index (χ1v) is 10.2. The van der Waals surface area contributed by atoms with Crippen LogP contribution in [-0.4, -0.2) is 30.6 Å². The Balaban J connectivity index is 1.62. The van der Waals surface area contributed by atoms with Gasteiger partial charge in [-0.3, -0.25) is 9.78 Å². The van der Waals surface area contributed by atoms with Gasteiger partial charge in [-0.15, -0.1) is 0 Å². The van der Waals surface area contributed by atoms with Crippen LogP contribution in [0.25, 0.3) is 28.1 Å². The Kier molecular flexibility index (Phi) is 5.31. The van der Waals surface area contributed by atoms with E-state index in [1.165, 1.54) is 42.6 Å². The highest BCUT2D eigenvalue weighted by atomic mass is 19.4. The van der Waals surface area contributed by atoms with Gasteiger partial charge in [0.05, 0.1) is 11.3 Å². The molecular formula is C23H14F4N6O3. The minimum absolute atomic E-state index is 0.0289. The molecule has 0 aliphatic heterocycles. The number of para-hydroxylation sites is 1. The third-order valence-electron chi connectivity index (χ3n) is 5.21. The maximum Gasteiger partial charge on any atom is 0.434 e. The maximum absolute atomic E-state index is 15.0. The predicted octanol–water partition coefficient (Wildman–Crippen LogP) is 4.15. The summed E-state index contributed by atoms with van der Waals surface area (Å²) < 4.78 is 63.1. The lowest BCUT2D eigenvalue weighted by molar-refractivity contribution is -0.143. The van der Waals surface area contributed by atoms with E-state index in [2.05, 4.69) is 20.1 Å². The lowest BCUT2D eigenvalue weighted by Gasteiger charge is -2.11. The van der Waals surface area contributed by atoms with Gasteiger partial charge in [0, 0.05) is 17.8 Å². The molecule has 0 saturated heterocycles. The number of rotatable bonds is 5. The number of benzene rings is 2. The van der Waals surface area contributed by atoms with Crippen molar-refractivity contribution in [3.63, 3.8) is 0 Å². The highest BCUT2D eigenvalue weighted by molar-refractivity contribution is 6.00. The number of aromatic nitrogens is 5. The van der Waals surface area contributed by atoms with E-state index in [1.807, 2.05) is 0 Å². The van der Waals surface area contributed by atoms with Crippen molar-refractivity contribution in [1.82, 2.24) is 24.7 Å². The third kappa shape index (κ3) is 3.96. The van der Waals surface area contributed by atoms with Crippen LogP contribution in [-0.2, 0) is 6.18 Å². The van der Waals surface area contributed by atoms with Gasteiger partial charge in [0.25, 0.3) is 5.91 Å². The number of primary amides is 1. The molecule has 5 aromatic rings. The molecular weight excluding hydrogens is 484 g/mol. The van der Waals surface area contributed by atoms with E-state index < -0.39 is 40.5 Å². The van der Waals surface area contributed by atoms with Crippen molar-refractivity contribution in [2.45, 2.75) is 6.18 Å². The maximum atomic E-state index is 15.0. The summed E-state index contributed by atoms with van der Waals surface area (Å²) in [6.07, 6.45) is -3.66. The topological polar surface area (TPSA) is 132 Å². The van der Waals surface area contributed by atoms with E-state index in [-0.39, 0.29) is 33.9 Å². The molecule has 0 aliphatic carbocycles. The zero-order valence-corrected chi connectivity index (χ0v) is 17.9. The molecule has 13 heteroatoms. The number of ether oxygens (including phenoxy) is 1. The minimum Gasteiger partial charge on any atom is -0.452 e. The number of amides is 1. The summed E-state index contributed by atoms with van der Waals surface area (Å²) >= 11 is 0. The van der Waals surface area contributed by atoms with Crippen LogP contribution in [0.3, 0.4) is 0 Å². The molecule has 0 radical (unpaired) electrons. The van der Waals surface area contributed by atoms with Crippen molar-refractivity contribution in [2.75, 3.05) is 0 Å². The summed E-state index contributed by atoms with van der Waals surface area (Å²) in [5.74, 6) is -2.56. The number of imidazole rings is 1. The van der Waals surface area contributed by atoms with Crippen LogP contribution in [0.2, 0.25) is 0 Å². The summed E-state index contributed by atoms with van der Waals surface area (Å²) in [5, 5.41) is 3.97. The predicted molar refractivity (Wildman–Crippen MR) is 119 cm³/mol. The van der Waals surface area contributed by atoms with E-state index in [4.69, 9.17) is 10.5 Å². The van der Waals surface area contributed by atoms with Crippen LogP contribution in [0.15, 0.2) is 65.6 Å².